The number of amides is 1. The maximum atomic E-state index is 12.5. The van der Waals surface area contributed by atoms with Crippen LogP contribution in [0.1, 0.15) is 39.2 Å². The number of esters is 1. The molecule has 0 spiro atoms. The molecule has 2 aromatic heterocycles. The summed E-state index contributed by atoms with van der Waals surface area (Å²) in [6.07, 6.45) is 0. The zero-order chi connectivity index (χ0) is 19.4. The number of carbonyl (C=O) groups is 2. The lowest BCUT2D eigenvalue weighted by atomic mass is 10.2. The van der Waals surface area contributed by atoms with Gasteiger partial charge in [0.15, 0.2) is 11.5 Å². The summed E-state index contributed by atoms with van der Waals surface area (Å²) in [5.74, 6) is -0.521. The molecular weight excluding hydrogens is 346 g/mol. The summed E-state index contributed by atoms with van der Waals surface area (Å²) in [6, 6.07) is 13.1. The van der Waals surface area contributed by atoms with E-state index < -0.39 is 11.9 Å². The van der Waals surface area contributed by atoms with E-state index >= 15 is 0 Å². The van der Waals surface area contributed by atoms with Crippen LogP contribution in [0.4, 0.5) is 5.82 Å². The van der Waals surface area contributed by atoms with Gasteiger partial charge >= 0.3 is 5.97 Å². The average Bonchev–Trinajstić information content (AvgIpc) is 3.19. The van der Waals surface area contributed by atoms with Crippen molar-refractivity contribution in [3.8, 4) is 0 Å². The first-order chi connectivity index (χ1) is 13.0. The molecule has 140 valence electrons. The number of aryl methyl sites for hydroxylation is 2. The second kappa shape index (κ2) is 7.86. The highest BCUT2D eigenvalue weighted by Gasteiger charge is 2.19. The first kappa shape index (κ1) is 18.4. The quantitative estimate of drug-likeness (QED) is 0.676. The van der Waals surface area contributed by atoms with Crippen molar-refractivity contribution in [2.75, 3.05) is 11.9 Å². The molecule has 1 N–H and O–H groups in total. The molecule has 2 heterocycles. The number of nitrogens with zero attached hydrogens (tertiary/aromatic N) is 4. The van der Waals surface area contributed by atoms with Crippen molar-refractivity contribution in [3.63, 3.8) is 0 Å². The third-order valence-corrected chi connectivity index (χ3v) is 3.99. The van der Waals surface area contributed by atoms with E-state index in [1.807, 2.05) is 41.9 Å². The van der Waals surface area contributed by atoms with Gasteiger partial charge < -0.3 is 10.1 Å². The fourth-order valence-corrected chi connectivity index (χ4v) is 2.65. The smallest absolute Gasteiger partial charge is 0.358 e. The molecule has 1 amide bonds. The molecule has 0 saturated heterocycles. The largest absolute Gasteiger partial charge is 0.461 e. The minimum absolute atomic E-state index is 0.0929. The van der Waals surface area contributed by atoms with E-state index in [0.717, 1.165) is 11.3 Å². The fourth-order valence-electron chi connectivity index (χ4n) is 2.65. The van der Waals surface area contributed by atoms with Crippen LogP contribution in [0.5, 0.6) is 0 Å². The summed E-state index contributed by atoms with van der Waals surface area (Å²) in [7, 11) is 1.59. The molecule has 0 saturated carbocycles. The zero-order valence-corrected chi connectivity index (χ0v) is 15.5. The number of aromatic nitrogens is 4. The van der Waals surface area contributed by atoms with Gasteiger partial charge in [0.2, 0.25) is 0 Å². The van der Waals surface area contributed by atoms with Crippen LogP contribution in [0.15, 0.2) is 42.5 Å². The second-order valence-electron chi connectivity index (χ2n) is 6.03. The SMILES string of the molecule is CCOC(=O)c1cc(C(=O)Nc2cc(C)n(Cc3ccccc3)n2)n(C)n1. The maximum Gasteiger partial charge on any atom is 0.358 e. The van der Waals surface area contributed by atoms with Gasteiger partial charge in [-0.1, -0.05) is 30.3 Å². The molecule has 0 fully saturated rings. The Bertz CT molecular complexity index is 959. The lowest BCUT2D eigenvalue weighted by Crippen LogP contribution is -2.16. The normalized spacial score (nSPS) is 10.6. The first-order valence-corrected chi connectivity index (χ1v) is 8.58. The van der Waals surface area contributed by atoms with Gasteiger partial charge in [-0.3, -0.25) is 14.2 Å². The molecule has 0 bridgehead atoms. The summed E-state index contributed by atoms with van der Waals surface area (Å²) >= 11 is 0. The maximum absolute atomic E-state index is 12.5. The van der Waals surface area contributed by atoms with Crippen LogP contribution in [0.3, 0.4) is 0 Å². The van der Waals surface area contributed by atoms with Crippen LogP contribution in [-0.4, -0.2) is 38.0 Å². The molecule has 8 heteroatoms. The van der Waals surface area contributed by atoms with Gasteiger partial charge in [0.25, 0.3) is 5.91 Å². The molecule has 3 aromatic rings. The van der Waals surface area contributed by atoms with Crippen molar-refractivity contribution in [1.29, 1.82) is 0 Å². The molecule has 0 unspecified atom stereocenters. The summed E-state index contributed by atoms with van der Waals surface area (Å²) in [5, 5.41) is 11.2. The molecule has 1 aromatic carbocycles. The van der Waals surface area contributed by atoms with Crippen LogP contribution < -0.4 is 5.32 Å². The Labute approximate surface area is 156 Å². The highest BCUT2D eigenvalue weighted by molar-refractivity contribution is 6.03. The Balaban J connectivity index is 1.73. The van der Waals surface area contributed by atoms with Crippen LogP contribution in [-0.2, 0) is 18.3 Å². The van der Waals surface area contributed by atoms with Crippen molar-refractivity contribution in [3.05, 3.63) is 65.1 Å². The Kier molecular flexibility index (Phi) is 5.35. The van der Waals surface area contributed by atoms with Gasteiger partial charge in [0, 0.05) is 24.9 Å². The Hall–Kier alpha value is -3.42. The van der Waals surface area contributed by atoms with Crippen LogP contribution in [0, 0.1) is 6.92 Å². The first-order valence-electron chi connectivity index (χ1n) is 8.58. The fraction of sp³-hybridized carbons (Fsp3) is 0.263. The summed E-state index contributed by atoms with van der Waals surface area (Å²) in [5.41, 5.74) is 2.38. The van der Waals surface area contributed by atoms with Crippen molar-refractivity contribution in [2.24, 2.45) is 7.05 Å². The van der Waals surface area contributed by atoms with Crippen molar-refractivity contribution in [2.45, 2.75) is 20.4 Å². The Morgan fingerprint density at radius 2 is 1.89 bits per heavy atom. The van der Waals surface area contributed by atoms with Crippen molar-refractivity contribution < 1.29 is 14.3 Å². The molecule has 0 atom stereocenters. The Morgan fingerprint density at radius 3 is 2.59 bits per heavy atom. The molecule has 3 rings (SSSR count). The van der Waals surface area contributed by atoms with E-state index in [-0.39, 0.29) is 18.0 Å². The van der Waals surface area contributed by atoms with Gasteiger partial charge in [-0.05, 0) is 19.4 Å². The van der Waals surface area contributed by atoms with E-state index in [1.54, 1.807) is 20.0 Å². The second-order valence-corrected chi connectivity index (χ2v) is 6.03. The van der Waals surface area contributed by atoms with E-state index in [0.29, 0.717) is 12.4 Å². The monoisotopic (exact) mass is 367 g/mol. The number of rotatable bonds is 6. The third kappa shape index (κ3) is 4.22. The van der Waals surface area contributed by atoms with E-state index in [2.05, 4.69) is 15.5 Å². The summed E-state index contributed by atoms with van der Waals surface area (Å²) < 4.78 is 8.07. The highest BCUT2D eigenvalue weighted by Crippen LogP contribution is 2.13. The average molecular weight is 367 g/mol. The van der Waals surface area contributed by atoms with Gasteiger partial charge in [0.05, 0.1) is 13.2 Å². The van der Waals surface area contributed by atoms with Gasteiger partial charge in [-0.25, -0.2) is 4.79 Å². The molecule has 0 aliphatic carbocycles. The topological polar surface area (TPSA) is 91.0 Å². The van der Waals surface area contributed by atoms with Crippen LogP contribution in [0.25, 0.3) is 0 Å². The molecule has 0 aliphatic rings. The number of ether oxygens (including phenoxy) is 1. The number of hydrogen-bond donors (Lipinski definition) is 1. The lowest BCUT2D eigenvalue weighted by molar-refractivity contribution is 0.0518. The number of nitrogens with one attached hydrogen (secondary N) is 1. The standard InChI is InChI=1S/C19H21N5O3/c1-4-27-19(26)15-11-16(23(3)21-15)18(25)20-17-10-13(2)24(22-17)12-14-8-6-5-7-9-14/h5-11H,4,12H2,1-3H3,(H,20,22,25). The predicted octanol–water partition coefficient (Wildman–Crippen LogP) is 2.40. The van der Waals surface area contributed by atoms with E-state index in [1.165, 1.54) is 10.7 Å². The van der Waals surface area contributed by atoms with Gasteiger partial charge in [-0.15, -0.1) is 0 Å². The van der Waals surface area contributed by atoms with Crippen molar-refractivity contribution >= 4 is 17.7 Å². The minimum Gasteiger partial charge on any atom is -0.461 e. The van der Waals surface area contributed by atoms with Crippen molar-refractivity contribution in [1.82, 2.24) is 19.6 Å². The number of anilines is 1. The van der Waals surface area contributed by atoms with Crippen LogP contribution in [0.2, 0.25) is 0 Å². The molecular formula is C19H21N5O3. The Morgan fingerprint density at radius 1 is 1.15 bits per heavy atom. The minimum atomic E-state index is -0.560. The van der Waals surface area contributed by atoms with E-state index in [4.69, 9.17) is 4.74 Å². The molecule has 0 radical (unpaired) electrons. The molecule has 0 aliphatic heterocycles. The zero-order valence-electron chi connectivity index (χ0n) is 15.5. The molecule has 8 nitrogen and oxygen atoms in total. The number of carbonyl (C=O) groups excluding carboxylic acids is 2. The number of hydrogen-bond acceptors (Lipinski definition) is 5. The molecule has 27 heavy (non-hydrogen) atoms. The van der Waals surface area contributed by atoms with Gasteiger partial charge in [0.1, 0.15) is 5.69 Å². The van der Waals surface area contributed by atoms with E-state index in [9.17, 15) is 9.59 Å². The summed E-state index contributed by atoms with van der Waals surface area (Å²) in [6.45, 7) is 4.49. The van der Waals surface area contributed by atoms with Crippen LogP contribution >= 0.6 is 0 Å². The van der Waals surface area contributed by atoms with Gasteiger partial charge in [-0.2, -0.15) is 10.2 Å². The predicted molar refractivity (Wildman–Crippen MR) is 99.6 cm³/mol. The lowest BCUT2D eigenvalue weighted by Gasteiger charge is -2.04. The summed E-state index contributed by atoms with van der Waals surface area (Å²) in [4.78, 5) is 24.3. The third-order valence-electron chi connectivity index (χ3n) is 3.99. The number of benzene rings is 1. The highest BCUT2D eigenvalue weighted by atomic mass is 16.5.